The predicted octanol–water partition coefficient (Wildman–Crippen LogP) is 7.61. The maximum atomic E-state index is 14.3. The molecule has 0 radical (unpaired) electrons. The van der Waals surface area contributed by atoms with Crippen LogP contribution in [0.5, 0.6) is 5.75 Å². The van der Waals surface area contributed by atoms with Gasteiger partial charge in [-0.2, -0.15) is 0 Å². The summed E-state index contributed by atoms with van der Waals surface area (Å²) >= 11 is 0. The summed E-state index contributed by atoms with van der Waals surface area (Å²) in [6.45, 7) is 12.7. The maximum Gasteiger partial charge on any atom is 0.437 e. The van der Waals surface area contributed by atoms with Gasteiger partial charge in [-0.25, -0.2) is 18.8 Å². The number of unbranched alkanes of at least 4 members (excludes halogenated alkanes) is 5. The van der Waals surface area contributed by atoms with Gasteiger partial charge in [0.1, 0.15) is 29.4 Å². The van der Waals surface area contributed by atoms with E-state index in [1.165, 1.54) is 12.1 Å². The number of halogens is 1. The monoisotopic (exact) mass is 683 g/mol. The molecule has 4 amide bonds. The van der Waals surface area contributed by atoms with E-state index < -0.39 is 29.2 Å². The molecule has 3 N–H and O–H groups in total. The van der Waals surface area contributed by atoms with Gasteiger partial charge in [0.25, 0.3) is 0 Å². The lowest BCUT2D eigenvalue weighted by Crippen LogP contribution is -2.48. The van der Waals surface area contributed by atoms with Gasteiger partial charge in [0.05, 0.1) is 0 Å². The summed E-state index contributed by atoms with van der Waals surface area (Å²) in [7, 11) is 0. The van der Waals surface area contributed by atoms with Crippen molar-refractivity contribution in [2.75, 3.05) is 19.6 Å². The van der Waals surface area contributed by atoms with Crippen molar-refractivity contribution in [2.45, 2.75) is 117 Å². The molecule has 3 rings (SSSR count). The van der Waals surface area contributed by atoms with Crippen molar-refractivity contribution in [3.05, 3.63) is 65.0 Å². The van der Waals surface area contributed by atoms with E-state index in [1.807, 2.05) is 45.0 Å². The topological polar surface area (TPSA) is 131 Å². The fourth-order valence-corrected chi connectivity index (χ4v) is 5.17. The lowest BCUT2D eigenvalue weighted by Gasteiger charge is -2.24. The summed E-state index contributed by atoms with van der Waals surface area (Å²) in [4.78, 5) is 43.9. The zero-order valence-corrected chi connectivity index (χ0v) is 30.0. The van der Waals surface area contributed by atoms with E-state index >= 15 is 0 Å². The normalized spacial score (nSPS) is 15.4. The summed E-state index contributed by atoms with van der Waals surface area (Å²) in [5.41, 5.74) is 1.42. The summed E-state index contributed by atoms with van der Waals surface area (Å²) in [6.07, 6.45) is 5.77. The van der Waals surface area contributed by atoms with Gasteiger partial charge >= 0.3 is 18.2 Å². The van der Waals surface area contributed by atoms with Crippen LogP contribution in [0.3, 0.4) is 0 Å². The number of aliphatic imine (C=N–C) groups is 1. The van der Waals surface area contributed by atoms with Gasteiger partial charge in [-0.3, -0.25) is 5.32 Å². The van der Waals surface area contributed by atoms with Gasteiger partial charge in [-0.15, -0.1) is 4.99 Å². The third-order valence-electron chi connectivity index (χ3n) is 7.48. The first-order chi connectivity index (χ1) is 23.2. The third-order valence-corrected chi connectivity index (χ3v) is 7.48. The average molecular weight is 684 g/mol. The number of ether oxygens (including phenoxy) is 3. The van der Waals surface area contributed by atoms with E-state index in [4.69, 9.17) is 14.2 Å². The number of guanidine groups is 1. The minimum atomic E-state index is -0.855. The van der Waals surface area contributed by atoms with Crippen LogP contribution < -0.4 is 20.7 Å². The molecule has 2 aromatic rings. The van der Waals surface area contributed by atoms with Crippen LogP contribution in [0, 0.1) is 5.82 Å². The standard InChI is InChI=1S/C37H54FN5O6/c1-36(2,3)48-34(45)39-21-13-9-7-8-10-14-22-43-23-15-18-27-16-11-12-17-29(27)26-47-31-24-30(38)20-19-28(31)25-40-32(41-33(43)44)42-35(46)49-37(4,5)6/h11-12,16-17,19-20,24H,7-10,13-15,18,21-23,25-26H2,1-6H3,(H,39,45)(H2,40,41,42,44,46). The number of rotatable bonds is 9. The molecule has 0 atom stereocenters. The molecular formula is C37H54FN5O6. The minimum absolute atomic E-state index is 0.0716. The Balaban J connectivity index is 1.67. The van der Waals surface area contributed by atoms with E-state index in [2.05, 4.69) is 20.9 Å². The van der Waals surface area contributed by atoms with Crippen molar-refractivity contribution in [1.29, 1.82) is 0 Å². The van der Waals surface area contributed by atoms with Crippen molar-refractivity contribution >= 4 is 24.2 Å². The molecule has 0 bridgehead atoms. The molecule has 0 fully saturated rings. The molecule has 1 aliphatic heterocycles. The number of alkyl carbamates (subject to hydrolysis) is 1. The number of nitrogens with zero attached hydrogens (tertiary/aromatic N) is 2. The van der Waals surface area contributed by atoms with Crippen LogP contribution in [-0.4, -0.2) is 59.9 Å². The Bertz CT molecular complexity index is 1420. The number of hydrogen-bond donors (Lipinski definition) is 3. The third kappa shape index (κ3) is 15.6. The number of fused-ring (bicyclic) bond motifs is 2. The van der Waals surface area contributed by atoms with Crippen molar-refractivity contribution in [2.24, 2.45) is 4.99 Å². The number of carbonyl (C=O) groups excluding carboxylic acids is 3. The second-order valence-electron chi connectivity index (χ2n) is 14.2. The quantitative estimate of drug-likeness (QED) is 0.232. The fraction of sp³-hybridized carbons (Fsp3) is 0.568. The van der Waals surface area contributed by atoms with Crippen molar-refractivity contribution in [3.63, 3.8) is 0 Å². The van der Waals surface area contributed by atoms with Crippen LogP contribution in [0.2, 0.25) is 0 Å². The Labute approximate surface area is 290 Å². The van der Waals surface area contributed by atoms with Crippen molar-refractivity contribution < 1.29 is 33.0 Å². The van der Waals surface area contributed by atoms with E-state index in [-0.39, 0.29) is 25.1 Å². The Morgan fingerprint density at radius 3 is 2.31 bits per heavy atom. The number of hydrogen-bond acceptors (Lipinski definition) is 6. The van der Waals surface area contributed by atoms with Gasteiger partial charge in [0.2, 0.25) is 5.96 Å². The zero-order chi connectivity index (χ0) is 35.9. The highest BCUT2D eigenvalue weighted by Gasteiger charge is 2.21. The number of urea groups is 1. The summed E-state index contributed by atoms with van der Waals surface area (Å²) in [6, 6.07) is 11.8. The van der Waals surface area contributed by atoms with E-state index in [0.717, 1.165) is 49.7 Å². The Morgan fingerprint density at radius 1 is 0.918 bits per heavy atom. The molecular weight excluding hydrogens is 629 g/mol. The first-order valence-corrected chi connectivity index (χ1v) is 17.2. The van der Waals surface area contributed by atoms with Crippen LogP contribution in [0.4, 0.5) is 18.8 Å². The minimum Gasteiger partial charge on any atom is -0.488 e. The maximum absolute atomic E-state index is 14.3. The molecule has 0 aromatic heterocycles. The number of aryl methyl sites for hydroxylation is 1. The number of benzene rings is 2. The molecule has 0 unspecified atom stereocenters. The van der Waals surface area contributed by atoms with Crippen molar-refractivity contribution in [3.8, 4) is 5.75 Å². The number of nitrogens with one attached hydrogen (secondary N) is 3. The largest absolute Gasteiger partial charge is 0.488 e. The molecule has 0 aliphatic carbocycles. The van der Waals surface area contributed by atoms with Crippen LogP contribution in [0.25, 0.3) is 0 Å². The highest BCUT2D eigenvalue weighted by atomic mass is 19.1. The molecule has 1 aliphatic rings. The molecule has 0 saturated heterocycles. The highest BCUT2D eigenvalue weighted by Crippen LogP contribution is 2.23. The molecule has 270 valence electrons. The van der Waals surface area contributed by atoms with Crippen LogP contribution >= 0.6 is 0 Å². The molecule has 12 heteroatoms. The lowest BCUT2D eigenvalue weighted by molar-refractivity contribution is 0.0525. The van der Waals surface area contributed by atoms with Gasteiger partial charge in [-0.1, -0.05) is 56.0 Å². The highest BCUT2D eigenvalue weighted by molar-refractivity contribution is 6.00. The van der Waals surface area contributed by atoms with E-state index in [1.54, 1.807) is 31.7 Å². The summed E-state index contributed by atoms with van der Waals surface area (Å²) < 4.78 is 31.0. The molecule has 0 saturated carbocycles. The average Bonchev–Trinajstić information content (AvgIpc) is 3.00. The Kier molecular flexibility index (Phi) is 15.2. The second kappa shape index (κ2) is 19.0. The first-order valence-electron chi connectivity index (χ1n) is 17.2. The lowest BCUT2D eigenvalue weighted by atomic mass is 10.0. The SMILES string of the molecule is CC(C)(C)OC(=O)/N=C1\NCc2ccc(F)cc2OCc2ccccc2CCCN(CCCCCCCCNC(=O)OC(C)(C)C)C(=O)N1. The Hall–Kier alpha value is -4.35. The zero-order valence-electron chi connectivity index (χ0n) is 30.0. The molecule has 0 spiro atoms. The first kappa shape index (κ1) is 39.1. The summed E-state index contributed by atoms with van der Waals surface area (Å²) in [5, 5.41) is 8.59. The molecule has 1 heterocycles. The van der Waals surface area contributed by atoms with Crippen LogP contribution in [-0.2, 0) is 29.0 Å². The molecule has 49 heavy (non-hydrogen) atoms. The van der Waals surface area contributed by atoms with Gasteiger partial charge in [0, 0.05) is 37.8 Å². The number of amides is 4. The van der Waals surface area contributed by atoms with E-state index in [9.17, 15) is 18.8 Å². The smallest absolute Gasteiger partial charge is 0.437 e. The van der Waals surface area contributed by atoms with Crippen molar-refractivity contribution in [1.82, 2.24) is 20.9 Å². The van der Waals surface area contributed by atoms with Gasteiger partial charge < -0.3 is 29.7 Å². The van der Waals surface area contributed by atoms with E-state index in [0.29, 0.717) is 43.8 Å². The second-order valence-corrected chi connectivity index (χ2v) is 14.2. The van der Waals surface area contributed by atoms with Gasteiger partial charge in [0.15, 0.2) is 0 Å². The Morgan fingerprint density at radius 2 is 1.59 bits per heavy atom. The molecule has 11 nitrogen and oxygen atoms in total. The van der Waals surface area contributed by atoms with Crippen LogP contribution in [0.1, 0.15) is 103 Å². The van der Waals surface area contributed by atoms with Gasteiger partial charge in [-0.05, 0) is 84.4 Å². The summed E-state index contributed by atoms with van der Waals surface area (Å²) in [5.74, 6) is -0.162. The predicted molar refractivity (Wildman–Crippen MR) is 188 cm³/mol. The number of carbonyl (C=O) groups is 3. The fourth-order valence-electron chi connectivity index (χ4n) is 5.17. The van der Waals surface area contributed by atoms with Crippen LogP contribution in [0.15, 0.2) is 47.5 Å². The molecule has 2 aromatic carbocycles.